The first kappa shape index (κ1) is 16.2. The summed E-state index contributed by atoms with van der Waals surface area (Å²) in [5, 5.41) is 2.78. The topological polar surface area (TPSA) is 90.7 Å². The lowest BCUT2D eigenvalue weighted by molar-refractivity contribution is -0.177. The number of carbonyl (C=O) groups excluding carboxylic acids is 2. The summed E-state index contributed by atoms with van der Waals surface area (Å²) >= 11 is 0. The fourth-order valence-electron chi connectivity index (χ4n) is 3.73. The Morgan fingerprint density at radius 1 is 1.38 bits per heavy atom. The largest absolute Gasteiger partial charge is 0.467 e. The molecule has 0 aromatic rings. The number of hydrogen-bond donors (Lipinski definition) is 2. The van der Waals surface area contributed by atoms with Crippen molar-refractivity contribution in [1.29, 1.82) is 0 Å². The molecule has 0 aromatic carbocycles. The lowest BCUT2D eigenvalue weighted by Gasteiger charge is -2.60. The van der Waals surface area contributed by atoms with Crippen LogP contribution >= 0.6 is 0 Å². The van der Waals surface area contributed by atoms with Crippen molar-refractivity contribution >= 4 is 11.9 Å². The minimum absolute atomic E-state index is 0.0120. The summed E-state index contributed by atoms with van der Waals surface area (Å²) in [7, 11) is 1.32. The highest BCUT2D eigenvalue weighted by molar-refractivity contribution is 5.93. The number of hydrogen-bond acceptors (Lipinski definition) is 5. The summed E-state index contributed by atoms with van der Waals surface area (Å²) in [5.74, 6) is -0.788. The Morgan fingerprint density at radius 2 is 2.00 bits per heavy atom. The highest BCUT2D eigenvalue weighted by Crippen LogP contribution is 2.58. The molecule has 0 aromatic heterocycles. The van der Waals surface area contributed by atoms with Crippen molar-refractivity contribution in [3.8, 4) is 0 Å². The van der Waals surface area contributed by atoms with E-state index in [1.165, 1.54) is 7.11 Å². The summed E-state index contributed by atoms with van der Waals surface area (Å²) in [4.78, 5) is 24.6. The highest BCUT2D eigenvalue weighted by atomic mass is 16.5. The lowest BCUT2D eigenvalue weighted by Crippen LogP contribution is -2.80. The first-order valence-corrected chi connectivity index (χ1v) is 7.47. The fraction of sp³-hybridized carbons (Fsp3) is 0.867. The van der Waals surface area contributed by atoms with Crippen LogP contribution in [0.3, 0.4) is 0 Å². The van der Waals surface area contributed by atoms with Crippen molar-refractivity contribution < 1.29 is 19.1 Å². The van der Waals surface area contributed by atoms with Crippen molar-refractivity contribution in [1.82, 2.24) is 5.32 Å². The third-order valence-corrected chi connectivity index (χ3v) is 5.24. The van der Waals surface area contributed by atoms with Crippen molar-refractivity contribution in [2.75, 3.05) is 13.7 Å². The van der Waals surface area contributed by atoms with Gasteiger partial charge in [0.05, 0.1) is 13.2 Å². The maximum atomic E-state index is 12.7. The molecular weight excluding hydrogens is 272 g/mol. The van der Waals surface area contributed by atoms with Gasteiger partial charge in [-0.1, -0.05) is 27.7 Å². The van der Waals surface area contributed by atoms with Gasteiger partial charge in [0.15, 0.2) is 0 Å². The maximum Gasteiger partial charge on any atom is 0.328 e. The number of carbonyl (C=O) groups is 2. The number of nitrogens with one attached hydrogen (secondary N) is 1. The third kappa shape index (κ3) is 2.16. The quantitative estimate of drug-likeness (QED) is 0.735. The summed E-state index contributed by atoms with van der Waals surface area (Å²) in [6, 6.07) is -0.680. The molecule has 1 amide bonds. The number of ether oxygens (including phenoxy) is 2. The first-order chi connectivity index (χ1) is 9.67. The van der Waals surface area contributed by atoms with Gasteiger partial charge in [-0.15, -0.1) is 0 Å². The number of amides is 1. The molecule has 1 aliphatic heterocycles. The molecule has 21 heavy (non-hydrogen) atoms. The Kier molecular flexibility index (Phi) is 4.06. The molecule has 6 heteroatoms. The SMILES string of the molecule is COC(=O)C(NC(=O)C1(N)C2CCOC2C1(C)C)C(C)C. The molecule has 120 valence electrons. The Morgan fingerprint density at radius 3 is 2.52 bits per heavy atom. The van der Waals surface area contributed by atoms with Crippen LogP contribution in [0.15, 0.2) is 0 Å². The molecule has 4 unspecified atom stereocenters. The summed E-state index contributed by atoms with van der Waals surface area (Å²) in [6.07, 6.45) is 0.798. The lowest BCUT2D eigenvalue weighted by atomic mass is 9.48. The second-order valence-corrected chi connectivity index (χ2v) is 7.00. The van der Waals surface area contributed by atoms with Crippen LogP contribution < -0.4 is 11.1 Å². The zero-order chi connectivity index (χ0) is 16.0. The van der Waals surface area contributed by atoms with Crippen LogP contribution in [0.1, 0.15) is 34.1 Å². The van der Waals surface area contributed by atoms with Gasteiger partial charge in [-0.2, -0.15) is 0 Å². The number of esters is 1. The van der Waals surface area contributed by atoms with Gasteiger partial charge in [0, 0.05) is 17.9 Å². The molecular formula is C15H26N2O4. The Labute approximate surface area is 125 Å². The standard InChI is InChI=1S/C15H26N2O4/c1-8(2)10(12(18)20-5)17-13(19)15(16)9-6-7-21-11(9)14(15,3)4/h8-11H,6-7,16H2,1-5H3,(H,17,19). The van der Waals surface area contributed by atoms with E-state index in [1.807, 2.05) is 27.7 Å². The van der Waals surface area contributed by atoms with E-state index in [1.54, 1.807) is 0 Å². The minimum atomic E-state index is -1.00. The van der Waals surface area contributed by atoms with Gasteiger partial charge in [0.25, 0.3) is 0 Å². The molecule has 0 radical (unpaired) electrons. The van der Waals surface area contributed by atoms with E-state index in [0.29, 0.717) is 6.61 Å². The molecule has 3 N–H and O–H groups in total. The smallest absolute Gasteiger partial charge is 0.328 e. The molecule has 6 nitrogen and oxygen atoms in total. The van der Waals surface area contributed by atoms with Crippen molar-refractivity contribution in [3.63, 3.8) is 0 Å². The van der Waals surface area contributed by atoms with Crippen LogP contribution in [0.2, 0.25) is 0 Å². The molecule has 2 aliphatic rings. The zero-order valence-electron chi connectivity index (χ0n) is 13.4. The van der Waals surface area contributed by atoms with Crippen LogP contribution in [0.25, 0.3) is 0 Å². The van der Waals surface area contributed by atoms with E-state index in [0.717, 1.165) is 6.42 Å². The molecule has 2 fully saturated rings. The first-order valence-electron chi connectivity index (χ1n) is 7.47. The number of nitrogens with two attached hydrogens (primary N) is 1. The fourth-order valence-corrected chi connectivity index (χ4v) is 3.73. The number of methoxy groups -OCH3 is 1. The average molecular weight is 298 g/mol. The van der Waals surface area contributed by atoms with Crippen LogP contribution in [0, 0.1) is 17.3 Å². The molecule has 2 rings (SSSR count). The van der Waals surface area contributed by atoms with Gasteiger partial charge in [0.1, 0.15) is 11.6 Å². The van der Waals surface area contributed by atoms with Gasteiger partial charge in [-0.25, -0.2) is 4.79 Å². The minimum Gasteiger partial charge on any atom is -0.467 e. The molecule has 0 bridgehead atoms. The maximum absolute atomic E-state index is 12.7. The van der Waals surface area contributed by atoms with E-state index >= 15 is 0 Å². The van der Waals surface area contributed by atoms with Crippen LogP contribution in [0.5, 0.6) is 0 Å². The summed E-state index contributed by atoms with van der Waals surface area (Å²) < 4.78 is 10.4. The number of fused-ring (bicyclic) bond motifs is 1. The second-order valence-electron chi connectivity index (χ2n) is 7.00. The Balaban J connectivity index is 2.17. The zero-order valence-corrected chi connectivity index (χ0v) is 13.4. The van der Waals surface area contributed by atoms with E-state index in [4.69, 9.17) is 15.2 Å². The summed E-state index contributed by atoms with van der Waals surface area (Å²) in [6.45, 7) is 8.25. The molecule has 4 atom stereocenters. The van der Waals surface area contributed by atoms with Crippen LogP contribution in [0.4, 0.5) is 0 Å². The number of rotatable bonds is 4. The summed E-state index contributed by atoms with van der Waals surface area (Å²) in [5.41, 5.74) is 5.00. The molecule has 1 heterocycles. The predicted molar refractivity (Wildman–Crippen MR) is 77.3 cm³/mol. The Bertz CT molecular complexity index is 449. The monoisotopic (exact) mass is 298 g/mol. The molecule has 0 spiro atoms. The van der Waals surface area contributed by atoms with E-state index in [-0.39, 0.29) is 23.8 Å². The highest BCUT2D eigenvalue weighted by Gasteiger charge is 2.71. The predicted octanol–water partition coefficient (Wildman–Crippen LogP) is 0.443. The van der Waals surface area contributed by atoms with Gasteiger partial charge in [0.2, 0.25) is 5.91 Å². The third-order valence-electron chi connectivity index (χ3n) is 5.24. The van der Waals surface area contributed by atoms with Gasteiger partial charge in [-0.05, 0) is 12.3 Å². The van der Waals surface area contributed by atoms with Crippen molar-refractivity contribution in [3.05, 3.63) is 0 Å². The Hall–Kier alpha value is -1.14. The van der Waals surface area contributed by atoms with Gasteiger partial charge in [-0.3, -0.25) is 4.79 Å². The van der Waals surface area contributed by atoms with E-state index in [2.05, 4.69) is 5.32 Å². The van der Waals surface area contributed by atoms with Crippen molar-refractivity contribution in [2.45, 2.75) is 51.8 Å². The average Bonchev–Trinajstić information content (AvgIpc) is 2.90. The van der Waals surface area contributed by atoms with Crippen LogP contribution in [-0.4, -0.2) is 43.3 Å². The molecule has 1 aliphatic carbocycles. The normalized spacial score (nSPS) is 34.8. The van der Waals surface area contributed by atoms with Gasteiger partial charge >= 0.3 is 5.97 Å². The van der Waals surface area contributed by atoms with Crippen LogP contribution in [-0.2, 0) is 19.1 Å². The van der Waals surface area contributed by atoms with Crippen molar-refractivity contribution in [2.24, 2.45) is 23.0 Å². The molecule has 1 saturated carbocycles. The van der Waals surface area contributed by atoms with E-state index < -0.39 is 23.0 Å². The second kappa shape index (κ2) is 5.25. The molecule has 1 saturated heterocycles. The van der Waals surface area contributed by atoms with E-state index in [9.17, 15) is 9.59 Å². The van der Waals surface area contributed by atoms with Gasteiger partial charge < -0.3 is 20.5 Å².